The molecule has 1 rings (SSSR count). The Balaban J connectivity index is 2.28. The van der Waals surface area contributed by atoms with Gasteiger partial charge in [0.05, 0.1) is 7.11 Å². The lowest BCUT2D eigenvalue weighted by atomic mass is 9.96. The third kappa shape index (κ3) is 4.53. The normalized spacial score (nSPS) is 17.7. The number of rotatable bonds is 1. The lowest BCUT2D eigenvalue weighted by Gasteiger charge is -2.21. The Morgan fingerprint density at radius 3 is 2.47 bits per heavy atom. The van der Waals surface area contributed by atoms with Crippen molar-refractivity contribution in [1.82, 2.24) is 5.32 Å². The first kappa shape index (κ1) is 11.6. The molecule has 3 amide bonds. The summed E-state index contributed by atoms with van der Waals surface area (Å²) in [5, 5.41) is 8.94. The topological polar surface area (TPSA) is 80.1 Å². The Bertz CT molecular complexity index is 259. The Morgan fingerprint density at radius 2 is 1.87 bits per heavy atom. The van der Waals surface area contributed by atoms with Crippen molar-refractivity contribution in [2.24, 2.45) is 10.2 Å². The maximum atomic E-state index is 11.2. The van der Waals surface area contributed by atoms with E-state index in [9.17, 15) is 9.59 Å². The molecule has 0 atom stereocenters. The van der Waals surface area contributed by atoms with Crippen molar-refractivity contribution in [1.29, 1.82) is 0 Å². The number of ether oxygens (including phenoxy) is 1. The van der Waals surface area contributed by atoms with Gasteiger partial charge >= 0.3 is 12.1 Å². The summed E-state index contributed by atoms with van der Waals surface area (Å²) in [5.74, 6) is 0. The summed E-state index contributed by atoms with van der Waals surface area (Å²) in [6.45, 7) is 0. The van der Waals surface area contributed by atoms with Crippen molar-refractivity contribution in [3.63, 3.8) is 0 Å². The van der Waals surface area contributed by atoms with Crippen LogP contribution in [0.25, 0.3) is 0 Å². The van der Waals surface area contributed by atoms with E-state index in [-0.39, 0.29) is 6.04 Å². The predicted octanol–water partition coefficient (Wildman–Crippen LogP) is 2.25. The summed E-state index contributed by atoms with van der Waals surface area (Å²) in [6.07, 6.45) is 4.54. The van der Waals surface area contributed by atoms with Gasteiger partial charge in [-0.1, -0.05) is 29.5 Å². The van der Waals surface area contributed by atoms with Gasteiger partial charge in [0.15, 0.2) is 0 Å². The largest absolute Gasteiger partial charge is 0.452 e. The number of amides is 3. The third-order valence-electron chi connectivity index (χ3n) is 2.33. The van der Waals surface area contributed by atoms with E-state index in [0.29, 0.717) is 0 Å². The number of methoxy groups -OCH3 is 1. The quantitative estimate of drug-likeness (QED) is 0.678. The number of azo groups is 1. The molecule has 0 unspecified atom stereocenters. The SMILES string of the molecule is COC(=O)/N=N/C(=O)NC1CCCCC1. The van der Waals surface area contributed by atoms with E-state index >= 15 is 0 Å². The highest BCUT2D eigenvalue weighted by Crippen LogP contribution is 2.17. The molecule has 6 heteroatoms. The second-order valence-corrected chi connectivity index (χ2v) is 3.45. The summed E-state index contributed by atoms with van der Waals surface area (Å²) < 4.78 is 4.21. The molecule has 1 N–H and O–H groups in total. The van der Waals surface area contributed by atoms with Crippen LogP contribution in [0.4, 0.5) is 9.59 Å². The molecule has 1 aliphatic carbocycles. The molecular weight excluding hydrogens is 198 g/mol. The average Bonchev–Trinajstić information content (AvgIpc) is 2.27. The second kappa shape index (κ2) is 6.10. The van der Waals surface area contributed by atoms with Crippen molar-refractivity contribution in [2.75, 3.05) is 7.11 Å². The van der Waals surface area contributed by atoms with Crippen LogP contribution in [0.3, 0.4) is 0 Å². The fourth-order valence-corrected chi connectivity index (χ4v) is 1.58. The van der Waals surface area contributed by atoms with Crippen LogP contribution in [-0.2, 0) is 4.74 Å². The van der Waals surface area contributed by atoms with Crippen LogP contribution >= 0.6 is 0 Å². The molecule has 6 nitrogen and oxygen atoms in total. The maximum Gasteiger partial charge on any atom is 0.452 e. The van der Waals surface area contributed by atoms with Crippen LogP contribution in [0.15, 0.2) is 10.2 Å². The van der Waals surface area contributed by atoms with E-state index in [1.54, 1.807) is 0 Å². The summed E-state index contributed by atoms with van der Waals surface area (Å²) in [5.41, 5.74) is 0. The molecule has 0 aromatic carbocycles. The fourth-order valence-electron chi connectivity index (χ4n) is 1.58. The number of urea groups is 1. The molecular formula is C9H15N3O3. The average molecular weight is 213 g/mol. The van der Waals surface area contributed by atoms with Gasteiger partial charge in [-0.15, -0.1) is 0 Å². The smallest absolute Gasteiger partial charge is 0.450 e. The van der Waals surface area contributed by atoms with E-state index in [0.717, 1.165) is 25.7 Å². The van der Waals surface area contributed by atoms with E-state index < -0.39 is 12.1 Å². The maximum absolute atomic E-state index is 11.2. The monoisotopic (exact) mass is 213 g/mol. The van der Waals surface area contributed by atoms with Gasteiger partial charge in [-0.3, -0.25) is 0 Å². The van der Waals surface area contributed by atoms with Gasteiger partial charge in [0.2, 0.25) is 0 Å². The molecule has 0 bridgehead atoms. The van der Waals surface area contributed by atoms with Gasteiger partial charge in [0, 0.05) is 6.04 Å². The van der Waals surface area contributed by atoms with Gasteiger partial charge in [0.25, 0.3) is 0 Å². The van der Waals surface area contributed by atoms with Crippen LogP contribution in [0.2, 0.25) is 0 Å². The summed E-state index contributed by atoms with van der Waals surface area (Å²) in [7, 11) is 1.18. The van der Waals surface area contributed by atoms with E-state index in [4.69, 9.17) is 0 Å². The number of nitrogens with one attached hydrogen (secondary N) is 1. The van der Waals surface area contributed by atoms with Gasteiger partial charge in [0.1, 0.15) is 0 Å². The standard InChI is InChI=1S/C9H15N3O3/c1-15-9(14)12-11-8(13)10-7-5-3-2-4-6-7/h7H,2-6H2,1H3,(H,10,13)/b12-11+. The highest BCUT2D eigenvalue weighted by Gasteiger charge is 2.15. The number of nitrogens with zero attached hydrogens (tertiary/aromatic N) is 2. The first-order chi connectivity index (χ1) is 7.22. The minimum atomic E-state index is -0.867. The van der Waals surface area contributed by atoms with Gasteiger partial charge < -0.3 is 10.1 Å². The number of carbonyl (C=O) groups is 2. The summed E-state index contributed by atoms with van der Waals surface area (Å²) in [4.78, 5) is 21.7. The van der Waals surface area contributed by atoms with E-state index in [1.807, 2.05) is 0 Å². The van der Waals surface area contributed by atoms with Crippen molar-refractivity contribution >= 4 is 12.1 Å². The Labute approximate surface area is 88.1 Å². The van der Waals surface area contributed by atoms with Crippen LogP contribution in [-0.4, -0.2) is 25.3 Å². The number of hydrogen-bond acceptors (Lipinski definition) is 3. The van der Waals surface area contributed by atoms with E-state index in [1.165, 1.54) is 13.5 Å². The zero-order chi connectivity index (χ0) is 11.1. The predicted molar refractivity (Wildman–Crippen MR) is 52.7 cm³/mol. The van der Waals surface area contributed by atoms with Gasteiger partial charge in [-0.05, 0) is 12.8 Å². The van der Waals surface area contributed by atoms with Crippen molar-refractivity contribution in [3.05, 3.63) is 0 Å². The van der Waals surface area contributed by atoms with Crippen LogP contribution < -0.4 is 5.32 Å². The minimum Gasteiger partial charge on any atom is -0.450 e. The second-order valence-electron chi connectivity index (χ2n) is 3.45. The van der Waals surface area contributed by atoms with Crippen LogP contribution in [0.1, 0.15) is 32.1 Å². The Morgan fingerprint density at radius 1 is 1.20 bits per heavy atom. The van der Waals surface area contributed by atoms with Gasteiger partial charge in [-0.25, -0.2) is 9.59 Å². The van der Waals surface area contributed by atoms with Crippen LogP contribution in [0.5, 0.6) is 0 Å². The molecule has 0 radical (unpaired) electrons. The number of carbonyl (C=O) groups excluding carboxylic acids is 2. The molecule has 15 heavy (non-hydrogen) atoms. The van der Waals surface area contributed by atoms with Crippen molar-refractivity contribution < 1.29 is 14.3 Å². The molecule has 1 aliphatic rings. The zero-order valence-corrected chi connectivity index (χ0v) is 8.73. The van der Waals surface area contributed by atoms with Gasteiger partial charge in [-0.2, -0.15) is 0 Å². The lowest BCUT2D eigenvalue weighted by molar-refractivity contribution is 0.180. The molecule has 0 spiro atoms. The number of hydrogen-bond donors (Lipinski definition) is 1. The molecule has 0 aliphatic heterocycles. The van der Waals surface area contributed by atoms with Crippen molar-refractivity contribution in [3.8, 4) is 0 Å². The molecule has 1 fully saturated rings. The highest BCUT2D eigenvalue weighted by molar-refractivity contribution is 5.77. The Hall–Kier alpha value is -1.46. The first-order valence-electron chi connectivity index (χ1n) is 5.02. The fraction of sp³-hybridized carbons (Fsp3) is 0.778. The molecule has 1 saturated carbocycles. The molecule has 0 heterocycles. The zero-order valence-electron chi connectivity index (χ0n) is 8.73. The first-order valence-corrected chi connectivity index (χ1v) is 5.02. The van der Waals surface area contributed by atoms with Crippen LogP contribution in [0, 0.1) is 0 Å². The minimum absolute atomic E-state index is 0.169. The summed E-state index contributed by atoms with van der Waals surface area (Å²) >= 11 is 0. The Kier molecular flexibility index (Phi) is 4.73. The van der Waals surface area contributed by atoms with E-state index in [2.05, 4.69) is 20.3 Å². The van der Waals surface area contributed by atoms with Crippen molar-refractivity contribution in [2.45, 2.75) is 38.1 Å². The molecule has 0 aromatic rings. The third-order valence-corrected chi connectivity index (χ3v) is 2.33. The lowest BCUT2D eigenvalue weighted by Crippen LogP contribution is -2.34. The molecule has 0 saturated heterocycles. The molecule has 84 valence electrons. The molecule has 0 aromatic heterocycles. The highest BCUT2D eigenvalue weighted by atomic mass is 16.5. The summed E-state index contributed by atoms with van der Waals surface area (Å²) in [6, 6.07) is -0.407.